The van der Waals surface area contributed by atoms with Crippen molar-refractivity contribution in [3.05, 3.63) is 35.4 Å². The maximum absolute atomic E-state index is 11.7. The number of aliphatic carboxylic acids is 1. The fraction of sp³-hybridized carbons (Fsp3) is 0.467. The van der Waals surface area contributed by atoms with Crippen molar-refractivity contribution < 1.29 is 14.7 Å². The Hall–Kier alpha value is -0.910. The van der Waals surface area contributed by atoms with Crippen LogP contribution in [0.25, 0.3) is 0 Å². The molecular formula is C15H19IO3. The van der Waals surface area contributed by atoms with Crippen LogP contribution in [0.15, 0.2) is 24.3 Å². The van der Waals surface area contributed by atoms with Crippen molar-refractivity contribution in [3.8, 4) is 0 Å². The first-order valence-electron chi connectivity index (χ1n) is 6.28. The normalized spacial score (nSPS) is 11.3. The number of hydrogen-bond donors (Lipinski definition) is 1. The van der Waals surface area contributed by atoms with Crippen LogP contribution in [-0.4, -0.2) is 21.3 Å². The molecule has 1 aromatic rings. The number of rotatable bonds is 7. The van der Waals surface area contributed by atoms with Gasteiger partial charge in [-0.1, -0.05) is 46.9 Å². The summed E-state index contributed by atoms with van der Waals surface area (Å²) in [5.74, 6) is -0.611. The first-order chi connectivity index (χ1) is 8.87. The number of carboxylic acid groups (broad SMARTS) is 1. The Morgan fingerprint density at radius 3 is 2.26 bits per heavy atom. The van der Waals surface area contributed by atoms with Gasteiger partial charge in [-0.25, -0.2) is 0 Å². The lowest BCUT2D eigenvalue weighted by Crippen LogP contribution is -2.28. The molecule has 0 unspecified atom stereocenters. The second-order valence-electron chi connectivity index (χ2n) is 5.14. The number of alkyl halides is 1. The molecule has 0 spiro atoms. The summed E-state index contributed by atoms with van der Waals surface area (Å²) in [5.41, 5.74) is 0.802. The third-order valence-corrected chi connectivity index (χ3v) is 3.96. The summed E-state index contributed by atoms with van der Waals surface area (Å²) in [7, 11) is 0. The second-order valence-corrected chi connectivity index (χ2v) is 6.21. The zero-order chi connectivity index (χ0) is 14.5. The number of hydrogen-bond acceptors (Lipinski definition) is 2. The molecule has 0 heterocycles. The van der Waals surface area contributed by atoms with E-state index in [9.17, 15) is 9.59 Å². The van der Waals surface area contributed by atoms with Crippen LogP contribution >= 0.6 is 22.6 Å². The first-order valence-corrected chi connectivity index (χ1v) is 7.81. The van der Waals surface area contributed by atoms with E-state index >= 15 is 0 Å². The van der Waals surface area contributed by atoms with Gasteiger partial charge in [0.2, 0.25) is 0 Å². The number of halogens is 1. The molecule has 0 saturated carbocycles. The highest BCUT2D eigenvalue weighted by molar-refractivity contribution is 14.1. The van der Waals surface area contributed by atoms with Crippen LogP contribution in [0.4, 0.5) is 0 Å². The molecule has 0 aliphatic rings. The van der Waals surface area contributed by atoms with Gasteiger partial charge in [0.1, 0.15) is 5.78 Å². The van der Waals surface area contributed by atoms with Crippen LogP contribution in [0.3, 0.4) is 0 Å². The van der Waals surface area contributed by atoms with Crippen LogP contribution in [0.2, 0.25) is 0 Å². The smallest absolute Gasteiger partial charge is 0.313 e. The maximum Gasteiger partial charge on any atom is 0.313 e. The summed E-state index contributed by atoms with van der Waals surface area (Å²) in [6, 6.07) is 7.30. The highest BCUT2D eigenvalue weighted by atomic mass is 127. The third-order valence-electron chi connectivity index (χ3n) is 3.20. The van der Waals surface area contributed by atoms with E-state index in [2.05, 4.69) is 22.6 Å². The van der Waals surface area contributed by atoms with Crippen LogP contribution in [-0.2, 0) is 21.4 Å². The van der Waals surface area contributed by atoms with Crippen molar-refractivity contribution in [3.63, 3.8) is 0 Å². The van der Waals surface area contributed by atoms with Gasteiger partial charge in [-0.15, -0.1) is 0 Å². The number of ketones is 1. The van der Waals surface area contributed by atoms with Gasteiger partial charge in [-0.3, -0.25) is 9.59 Å². The molecule has 0 aromatic heterocycles. The average molecular weight is 374 g/mol. The molecule has 1 rings (SSSR count). The maximum atomic E-state index is 11.7. The van der Waals surface area contributed by atoms with E-state index < -0.39 is 11.4 Å². The minimum Gasteiger partial charge on any atom is -0.481 e. The Labute approximate surface area is 127 Å². The van der Waals surface area contributed by atoms with E-state index in [-0.39, 0.29) is 5.78 Å². The Bertz CT molecular complexity index is 449. The van der Waals surface area contributed by atoms with E-state index in [0.29, 0.717) is 12.8 Å². The highest BCUT2D eigenvalue weighted by Gasteiger charge is 2.29. The lowest BCUT2D eigenvalue weighted by Gasteiger charge is -2.19. The quantitative estimate of drug-likeness (QED) is 0.588. The molecule has 0 radical (unpaired) electrons. The van der Waals surface area contributed by atoms with Gasteiger partial charge in [0.15, 0.2) is 0 Å². The van der Waals surface area contributed by atoms with E-state index in [1.54, 1.807) is 26.0 Å². The minimum absolute atomic E-state index is 0.238. The molecule has 4 heteroatoms. The fourth-order valence-corrected chi connectivity index (χ4v) is 2.12. The van der Waals surface area contributed by atoms with Gasteiger partial charge in [-0.05, 0) is 35.8 Å². The second kappa shape index (κ2) is 7.03. The molecule has 0 aliphatic heterocycles. The molecule has 0 bridgehead atoms. The van der Waals surface area contributed by atoms with E-state index in [0.717, 1.165) is 22.0 Å². The Balaban J connectivity index is 2.72. The monoisotopic (exact) mass is 374 g/mol. The molecule has 0 amide bonds. The number of benzene rings is 1. The summed E-state index contributed by atoms with van der Waals surface area (Å²) < 4.78 is 0.995. The lowest BCUT2D eigenvalue weighted by molar-refractivity contribution is -0.142. The predicted octanol–water partition coefficient (Wildman–Crippen LogP) is 3.38. The van der Waals surface area contributed by atoms with Crippen molar-refractivity contribution >= 4 is 34.3 Å². The Morgan fingerprint density at radius 2 is 1.79 bits per heavy atom. The summed E-state index contributed by atoms with van der Waals surface area (Å²) in [4.78, 5) is 22.8. The molecule has 1 N–H and O–H groups in total. The Kier molecular flexibility index (Phi) is 5.97. The molecule has 0 saturated heterocycles. The van der Waals surface area contributed by atoms with Crippen molar-refractivity contribution in [2.75, 3.05) is 4.43 Å². The van der Waals surface area contributed by atoms with Crippen LogP contribution in [0.1, 0.15) is 37.8 Å². The zero-order valence-corrected chi connectivity index (χ0v) is 13.4. The number of carbonyl (C=O) groups excluding carboxylic acids is 1. The first kappa shape index (κ1) is 16.1. The van der Waals surface area contributed by atoms with Crippen molar-refractivity contribution in [2.45, 2.75) is 38.5 Å². The van der Waals surface area contributed by atoms with Gasteiger partial charge in [-0.2, -0.15) is 0 Å². The van der Waals surface area contributed by atoms with E-state index in [4.69, 9.17) is 5.11 Å². The standard InChI is InChI=1S/C15H19IO3/c1-15(2,14(18)19)12-7-5-11(6-8-12)10-13(17)4-3-9-16/h5-8H,3-4,9-10H2,1-2H3,(H,18,19). The number of carbonyl (C=O) groups is 2. The van der Waals surface area contributed by atoms with Gasteiger partial charge in [0.25, 0.3) is 0 Å². The third kappa shape index (κ3) is 4.60. The highest BCUT2D eigenvalue weighted by Crippen LogP contribution is 2.23. The van der Waals surface area contributed by atoms with Crippen LogP contribution in [0, 0.1) is 0 Å². The van der Waals surface area contributed by atoms with Gasteiger partial charge in [0.05, 0.1) is 5.41 Å². The summed E-state index contributed by atoms with van der Waals surface area (Å²) in [6.07, 6.45) is 1.97. The Morgan fingerprint density at radius 1 is 1.21 bits per heavy atom. The van der Waals surface area contributed by atoms with Crippen LogP contribution in [0.5, 0.6) is 0 Å². The van der Waals surface area contributed by atoms with E-state index in [1.165, 1.54) is 0 Å². The summed E-state index contributed by atoms with van der Waals surface area (Å²) in [6.45, 7) is 3.35. The largest absolute Gasteiger partial charge is 0.481 e. The zero-order valence-electron chi connectivity index (χ0n) is 11.3. The molecular weight excluding hydrogens is 355 g/mol. The van der Waals surface area contributed by atoms with Gasteiger partial charge in [0, 0.05) is 12.8 Å². The van der Waals surface area contributed by atoms with Crippen molar-refractivity contribution in [2.24, 2.45) is 0 Å². The van der Waals surface area contributed by atoms with Crippen molar-refractivity contribution in [1.82, 2.24) is 0 Å². The van der Waals surface area contributed by atoms with E-state index in [1.807, 2.05) is 12.1 Å². The molecule has 1 aromatic carbocycles. The predicted molar refractivity (Wildman–Crippen MR) is 83.9 cm³/mol. The molecule has 19 heavy (non-hydrogen) atoms. The molecule has 104 valence electrons. The van der Waals surface area contributed by atoms with Crippen LogP contribution < -0.4 is 0 Å². The minimum atomic E-state index is -0.899. The molecule has 0 aliphatic carbocycles. The number of carboxylic acids is 1. The lowest BCUT2D eigenvalue weighted by atomic mass is 9.84. The SMILES string of the molecule is CC(C)(C(=O)O)c1ccc(CC(=O)CCCI)cc1. The summed E-state index contributed by atoms with van der Waals surface area (Å²) in [5, 5.41) is 9.15. The molecule has 0 atom stereocenters. The van der Waals surface area contributed by atoms with Crippen molar-refractivity contribution in [1.29, 1.82) is 0 Å². The average Bonchev–Trinajstić information content (AvgIpc) is 2.36. The van der Waals surface area contributed by atoms with Gasteiger partial charge < -0.3 is 5.11 Å². The fourth-order valence-electron chi connectivity index (χ4n) is 1.74. The topological polar surface area (TPSA) is 54.4 Å². The molecule has 0 fully saturated rings. The summed E-state index contributed by atoms with van der Waals surface area (Å²) >= 11 is 2.26. The number of Topliss-reactive ketones (excluding diaryl/α,β-unsaturated/α-hetero) is 1. The molecule has 3 nitrogen and oxygen atoms in total. The van der Waals surface area contributed by atoms with Gasteiger partial charge >= 0.3 is 5.97 Å².